The largest absolute Gasteiger partial charge is 0.310 e. The van der Waals surface area contributed by atoms with Crippen molar-refractivity contribution in [3.05, 3.63) is 236 Å². The van der Waals surface area contributed by atoms with Crippen LogP contribution < -0.4 is 4.90 Å². The molecule has 0 radical (unpaired) electrons. The fraction of sp³-hybridized carbons (Fsp3) is 0.0492. The van der Waals surface area contributed by atoms with Crippen molar-refractivity contribution in [2.24, 2.45) is 0 Å². The lowest BCUT2D eigenvalue weighted by Gasteiger charge is -2.26. The number of fused-ring (bicyclic) bond motifs is 9. The number of hydrogen-bond acceptors (Lipinski definition) is 1. The third-order valence-electron chi connectivity index (χ3n) is 13.4. The molecule has 0 saturated carbocycles. The molecule has 11 aromatic rings. The van der Waals surface area contributed by atoms with Gasteiger partial charge in [-0.1, -0.05) is 190 Å². The van der Waals surface area contributed by atoms with Gasteiger partial charge in [0, 0.05) is 22.5 Å². The Morgan fingerprint density at radius 3 is 1.58 bits per heavy atom. The molecule has 0 saturated heterocycles. The second-order valence-corrected chi connectivity index (χ2v) is 17.3. The lowest BCUT2D eigenvalue weighted by molar-refractivity contribution is 0.660. The molecule has 0 heterocycles. The van der Waals surface area contributed by atoms with Crippen molar-refractivity contribution in [3.63, 3.8) is 0 Å². The maximum Gasteiger partial charge on any atom is 0.0467 e. The van der Waals surface area contributed by atoms with Gasteiger partial charge >= 0.3 is 0 Å². The Labute approximate surface area is 362 Å². The molecule has 292 valence electrons. The minimum Gasteiger partial charge on any atom is -0.310 e. The van der Waals surface area contributed by atoms with E-state index in [9.17, 15) is 0 Å². The summed E-state index contributed by atoms with van der Waals surface area (Å²) in [5, 5.41) is 10.2. The van der Waals surface area contributed by atoms with Crippen molar-refractivity contribution in [2.45, 2.75) is 19.3 Å². The predicted molar refractivity (Wildman–Crippen MR) is 265 cm³/mol. The number of anilines is 3. The Hall–Kier alpha value is -7.74. The lowest BCUT2D eigenvalue weighted by Crippen LogP contribution is -2.14. The highest BCUT2D eigenvalue weighted by Crippen LogP contribution is 2.50. The van der Waals surface area contributed by atoms with Gasteiger partial charge in [0.15, 0.2) is 0 Å². The molecular weight excluding hydrogens is 747 g/mol. The highest BCUT2D eigenvalue weighted by atomic mass is 15.1. The van der Waals surface area contributed by atoms with Crippen LogP contribution in [0.1, 0.15) is 25.0 Å². The van der Waals surface area contributed by atoms with Gasteiger partial charge in [-0.3, -0.25) is 0 Å². The first-order valence-electron chi connectivity index (χ1n) is 21.7. The van der Waals surface area contributed by atoms with Crippen molar-refractivity contribution in [2.75, 3.05) is 4.90 Å². The van der Waals surface area contributed by atoms with Gasteiger partial charge in [0.05, 0.1) is 0 Å². The quantitative estimate of drug-likeness (QED) is 0.152. The van der Waals surface area contributed by atoms with Gasteiger partial charge in [0.2, 0.25) is 0 Å². The zero-order valence-electron chi connectivity index (χ0n) is 34.8. The van der Waals surface area contributed by atoms with Crippen LogP contribution in [0.5, 0.6) is 0 Å². The summed E-state index contributed by atoms with van der Waals surface area (Å²) in [6, 6.07) is 83.0. The van der Waals surface area contributed by atoms with Crippen LogP contribution in [0.15, 0.2) is 224 Å². The molecule has 12 rings (SSSR count). The monoisotopic (exact) mass is 789 g/mol. The number of nitrogens with zero attached hydrogens (tertiary/aromatic N) is 1. The molecule has 0 bridgehead atoms. The van der Waals surface area contributed by atoms with E-state index >= 15 is 0 Å². The highest BCUT2D eigenvalue weighted by molar-refractivity contribution is 6.12. The van der Waals surface area contributed by atoms with E-state index in [-0.39, 0.29) is 5.41 Å². The average molecular weight is 790 g/mol. The van der Waals surface area contributed by atoms with E-state index in [4.69, 9.17) is 0 Å². The SMILES string of the molecule is CC1(C)c2ccccc2-c2cc(-c3cccc(N(c4ccc(-c5ccc6c(ccc7ccccc76)c5)cc4)c4ccc(-c5cccc6c5ccc5ccccc56)cc4)c3)ccc21. The number of rotatable bonds is 6. The van der Waals surface area contributed by atoms with E-state index in [1.54, 1.807) is 0 Å². The Bertz CT molecular complexity index is 3540. The molecule has 0 aliphatic heterocycles. The third kappa shape index (κ3) is 5.85. The van der Waals surface area contributed by atoms with Crippen LogP contribution in [-0.4, -0.2) is 0 Å². The maximum absolute atomic E-state index is 2.40. The van der Waals surface area contributed by atoms with Gasteiger partial charge in [-0.25, -0.2) is 0 Å². The zero-order valence-corrected chi connectivity index (χ0v) is 34.8. The van der Waals surface area contributed by atoms with E-state index in [1.165, 1.54) is 98.7 Å². The molecule has 62 heavy (non-hydrogen) atoms. The van der Waals surface area contributed by atoms with Gasteiger partial charge in [-0.05, 0) is 147 Å². The van der Waals surface area contributed by atoms with Crippen LogP contribution in [0, 0.1) is 0 Å². The molecule has 11 aromatic carbocycles. The minimum atomic E-state index is -0.0253. The summed E-state index contributed by atoms with van der Waals surface area (Å²) < 4.78 is 0. The van der Waals surface area contributed by atoms with Crippen LogP contribution in [0.2, 0.25) is 0 Å². The van der Waals surface area contributed by atoms with Crippen LogP contribution in [-0.2, 0) is 5.41 Å². The Balaban J connectivity index is 0.951. The van der Waals surface area contributed by atoms with Crippen molar-refractivity contribution < 1.29 is 0 Å². The molecular formula is C61H43N. The molecule has 0 spiro atoms. The summed E-state index contributed by atoms with van der Waals surface area (Å²) in [6.07, 6.45) is 0. The van der Waals surface area contributed by atoms with Gasteiger partial charge in [0.1, 0.15) is 0 Å². The molecule has 0 fully saturated rings. The Kier molecular flexibility index (Phi) is 8.27. The van der Waals surface area contributed by atoms with Gasteiger partial charge in [-0.15, -0.1) is 0 Å². The standard InChI is InChI=1S/C61H43N/c1-61(2)59-20-8-7-17-57(59)58-39-46(29-36-60(58)61)44-13-9-14-50(38-44)62(48-30-23-40(24-31-48)45-28-34-54-47(37-45)22-21-41-11-3-5-15-51(41)54)49-32-25-43(26-33-49)53-18-10-19-55-52-16-6-4-12-42(52)27-35-56(53)55/h3-39H,1-2H3. The molecule has 0 unspecified atom stereocenters. The first kappa shape index (κ1) is 36.1. The van der Waals surface area contributed by atoms with E-state index in [2.05, 4.69) is 243 Å². The van der Waals surface area contributed by atoms with E-state index in [0.717, 1.165) is 17.1 Å². The highest BCUT2D eigenvalue weighted by Gasteiger charge is 2.35. The molecule has 0 amide bonds. The molecule has 0 N–H and O–H groups in total. The molecule has 0 atom stereocenters. The van der Waals surface area contributed by atoms with Crippen molar-refractivity contribution in [3.8, 4) is 44.5 Å². The predicted octanol–water partition coefficient (Wildman–Crippen LogP) is 17.1. The van der Waals surface area contributed by atoms with Crippen molar-refractivity contribution >= 4 is 60.2 Å². The van der Waals surface area contributed by atoms with E-state index < -0.39 is 0 Å². The van der Waals surface area contributed by atoms with Crippen molar-refractivity contribution in [1.29, 1.82) is 0 Å². The number of benzene rings is 11. The summed E-state index contributed by atoms with van der Waals surface area (Å²) >= 11 is 0. The van der Waals surface area contributed by atoms with Crippen LogP contribution >= 0.6 is 0 Å². The van der Waals surface area contributed by atoms with E-state index in [0.29, 0.717) is 0 Å². The van der Waals surface area contributed by atoms with E-state index in [1.807, 2.05) is 0 Å². The second-order valence-electron chi connectivity index (χ2n) is 17.3. The molecule has 1 aliphatic rings. The van der Waals surface area contributed by atoms with Gasteiger partial charge in [0.25, 0.3) is 0 Å². The third-order valence-corrected chi connectivity index (χ3v) is 13.4. The van der Waals surface area contributed by atoms with Crippen LogP contribution in [0.3, 0.4) is 0 Å². The summed E-state index contributed by atoms with van der Waals surface area (Å²) in [4.78, 5) is 2.39. The average Bonchev–Trinajstić information content (AvgIpc) is 3.56. The van der Waals surface area contributed by atoms with Gasteiger partial charge in [-0.2, -0.15) is 0 Å². The minimum absolute atomic E-state index is 0.0253. The fourth-order valence-electron chi connectivity index (χ4n) is 10.2. The summed E-state index contributed by atoms with van der Waals surface area (Å²) in [5.41, 5.74) is 16.0. The summed E-state index contributed by atoms with van der Waals surface area (Å²) in [7, 11) is 0. The van der Waals surface area contributed by atoms with Crippen LogP contribution in [0.4, 0.5) is 17.1 Å². The number of hydrogen-bond donors (Lipinski definition) is 0. The molecule has 1 nitrogen and oxygen atoms in total. The molecule has 1 heteroatoms. The maximum atomic E-state index is 2.40. The van der Waals surface area contributed by atoms with Gasteiger partial charge < -0.3 is 4.90 Å². The first-order chi connectivity index (χ1) is 30.5. The Morgan fingerprint density at radius 2 is 0.790 bits per heavy atom. The molecule has 1 aliphatic carbocycles. The first-order valence-corrected chi connectivity index (χ1v) is 21.7. The van der Waals surface area contributed by atoms with Crippen molar-refractivity contribution in [1.82, 2.24) is 0 Å². The normalized spacial score (nSPS) is 12.8. The summed E-state index contributed by atoms with van der Waals surface area (Å²) in [6.45, 7) is 4.69. The lowest BCUT2D eigenvalue weighted by atomic mass is 9.82. The smallest absolute Gasteiger partial charge is 0.0467 e. The Morgan fingerprint density at radius 1 is 0.274 bits per heavy atom. The zero-order chi connectivity index (χ0) is 41.4. The topological polar surface area (TPSA) is 3.24 Å². The van der Waals surface area contributed by atoms with Crippen LogP contribution in [0.25, 0.3) is 87.6 Å². The summed E-state index contributed by atoms with van der Waals surface area (Å²) in [5.74, 6) is 0. The molecule has 0 aromatic heterocycles. The second kappa shape index (κ2) is 14.2. The fourth-order valence-corrected chi connectivity index (χ4v) is 10.2.